The normalized spacial score (nSPS) is 20.7. The average Bonchev–Trinajstić information content (AvgIpc) is 2.88. The predicted molar refractivity (Wildman–Crippen MR) is 140 cm³/mol. The van der Waals surface area contributed by atoms with Crippen molar-refractivity contribution >= 4 is 17.9 Å². The number of amides is 2. The van der Waals surface area contributed by atoms with Gasteiger partial charge in [0.2, 0.25) is 11.8 Å². The third-order valence-corrected chi connectivity index (χ3v) is 6.49. The van der Waals surface area contributed by atoms with Gasteiger partial charge in [-0.15, -0.1) is 0 Å². The maximum absolute atomic E-state index is 13.0. The predicted octanol–water partition coefficient (Wildman–Crippen LogP) is 3.34. The molecule has 1 fully saturated rings. The summed E-state index contributed by atoms with van der Waals surface area (Å²) in [5.41, 5.74) is 1.76. The van der Waals surface area contributed by atoms with Crippen molar-refractivity contribution in [1.29, 1.82) is 0 Å². The Morgan fingerprint density at radius 3 is 2.53 bits per heavy atom. The summed E-state index contributed by atoms with van der Waals surface area (Å²) in [7, 11) is 0. The Bertz CT molecular complexity index is 1050. The highest BCUT2D eigenvalue weighted by atomic mass is 16.5. The van der Waals surface area contributed by atoms with Gasteiger partial charge in [0.05, 0.1) is 0 Å². The molecule has 8 nitrogen and oxygen atoms in total. The molecular formula is C28H36N4O4. The third kappa shape index (κ3) is 7.57. The summed E-state index contributed by atoms with van der Waals surface area (Å²) in [6.45, 7) is 4.36. The zero-order chi connectivity index (χ0) is 25.2. The number of benzene rings is 2. The molecule has 0 saturated carbocycles. The Kier molecular flexibility index (Phi) is 9.35. The van der Waals surface area contributed by atoms with Gasteiger partial charge < -0.3 is 30.7 Å². The molecule has 0 unspecified atom stereocenters. The lowest BCUT2D eigenvalue weighted by molar-refractivity contribution is -0.126. The Labute approximate surface area is 212 Å². The first kappa shape index (κ1) is 25.7. The Morgan fingerprint density at radius 1 is 0.861 bits per heavy atom. The number of carbonyl (C=O) groups excluding carboxylic acids is 2. The van der Waals surface area contributed by atoms with Crippen LogP contribution in [0.5, 0.6) is 17.2 Å². The van der Waals surface area contributed by atoms with E-state index in [2.05, 4.69) is 16.0 Å². The largest absolute Gasteiger partial charge is 0.504 e. The number of phenolic OH excluding ortho intramolecular Hbond substituents is 1. The molecule has 2 aromatic carbocycles. The van der Waals surface area contributed by atoms with Crippen molar-refractivity contribution in [3.05, 3.63) is 59.7 Å². The number of carbonyl (C=O) groups is 2. The molecule has 0 aromatic heterocycles. The second kappa shape index (κ2) is 13.1. The minimum absolute atomic E-state index is 0.0214. The lowest BCUT2D eigenvalue weighted by Gasteiger charge is -2.22. The zero-order valence-electron chi connectivity index (χ0n) is 20.7. The maximum atomic E-state index is 13.0. The van der Waals surface area contributed by atoms with Crippen LogP contribution >= 0.6 is 0 Å². The van der Waals surface area contributed by atoms with Gasteiger partial charge in [0.15, 0.2) is 11.5 Å². The number of nitrogens with one attached hydrogen (secondary N) is 3. The fourth-order valence-corrected chi connectivity index (χ4v) is 4.45. The van der Waals surface area contributed by atoms with Crippen molar-refractivity contribution in [2.75, 3.05) is 39.3 Å². The smallest absolute Gasteiger partial charge is 0.246 e. The highest BCUT2D eigenvalue weighted by Gasteiger charge is 2.17. The minimum Gasteiger partial charge on any atom is -0.504 e. The number of hydrogen-bond donors (Lipinski definition) is 4. The number of nitrogens with zero attached hydrogens (tertiary/aromatic N) is 1. The molecule has 6 bridgehead atoms. The molecule has 0 aliphatic carbocycles. The Hall–Kier alpha value is -3.36. The number of rotatable bonds is 0. The molecule has 1 atom stereocenters. The summed E-state index contributed by atoms with van der Waals surface area (Å²) in [6, 6.07) is 12.5. The summed E-state index contributed by atoms with van der Waals surface area (Å²) in [4.78, 5) is 27.6. The molecule has 1 saturated heterocycles. The molecule has 3 heterocycles. The van der Waals surface area contributed by atoms with Crippen molar-refractivity contribution in [1.82, 2.24) is 20.9 Å². The van der Waals surface area contributed by atoms with Gasteiger partial charge in [-0.1, -0.05) is 18.2 Å². The molecule has 2 aromatic rings. The van der Waals surface area contributed by atoms with Crippen LogP contribution in [0, 0.1) is 0 Å². The number of hydrogen-bond acceptors (Lipinski definition) is 6. The van der Waals surface area contributed by atoms with Gasteiger partial charge in [-0.05, 0) is 86.8 Å². The van der Waals surface area contributed by atoms with E-state index in [-0.39, 0.29) is 23.6 Å². The molecule has 0 spiro atoms. The van der Waals surface area contributed by atoms with E-state index < -0.39 is 0 Å². The molecule has 3 aliphatic rings. The van der Waals surface area contributed by atoms with E-state index in [4.69, 9.17) is 4.74 Å². The van der Waals surface area contributed by atoms with Gasteiger partial charge in [-0.2, -0.15) is 0 Å². The van der Waals surface area contributed by atoms with E-state index in [1.165, 1.54) is 0 Å². The first-order valence-corrected chi connectivity index (χ1v) is 12.9. The molecule has 3 aliphatic heterocycles. The fraction of sp³-hybridized carbons (Fsp3) is 0.429. The van der Waals surface area contributed by atoms with E-state index in [9.17, 15) is 14.7 Å². The van der Waals surface area contributed by atoms with E-state index in [0.717, 1.165) is 50.0 Å². The fourth-order valence-electron chi connectivity index (χ4n) is 4.45. The van der Waals surface area contributed by atoms with E-state index in [1.807, 2.05) is 29.2 Å². The van der Waals surface area contributed by atoms with Gasteiger partial charge >= 0.3 is 0 Å². The summed E-state index contributed by atoms with van der Waals surface area (Å²) >= 11 is 0. The molecule has 0 radical (unpaired) electrons. The molecule has 4 N–H and O–H groups in total. The maximum Gasteiger partial charge on any atom is 0.246 e. The minimum atomic E-state index is -0.129. The van der Waals surface area contributed by atoms with Gasteiger partial charge in [-0.25, -0.2) is 0 Å². The van der Waals surface area contributed by atoms with Gasteiger partial charge in [0.25, 0.3) is 0 Å². The number of fused-ring (bicyclic) bond motifs is 3. The first-order valence-electron chi connectivity index (χ1n) is 12.9. The third-order valence-electron chi connectivity index (χ3n) is 6.49. The van der Waals surface area contributed by atoms with Crippen molar-refractivity contribution in [2.45, 2.75) is 38.1 Å². The molecule has 36 heavy (non-hydrogen) atoms. The topological polar surface area (TPSA) is 103 Å². The van der Waals surface area contributed by atoms with Crippen LogP contribution in [0.3, 0.4) is 0 Å². The quantitative estimate of drug-likeness (QED) is 0.450. The highest BCUT2D eigenvalue weighted by molar-refractivity contribution is 5.91. The van der Waals surface area contributed by atoms with Gasteiger partial charge in [0, 0.05) is 38.2 Å². The summed E-state index contributed by atoms with van der Waals surface area (Å²) in [5, 5.41) is 20.4. The van der Waals surface area contributed by atoms with Gasteiger partial charge in [-0.3, -0.25) is 9.59 Å². The van der Waals surface area contributed by atoms with Crippen LogP contribution in [0.1, 0.15) is 49.3 Å². The molecular weight excluding hydrogens is 456 g/mol. The average molecular weight is 493 g/mol. The zero-order valence-corrected chi connectivity index (χ0v) is 20.7. The van der Waals surface area contributed by atoms with E-state index >= 15 is 0 Å². The summed E-state index contributed by atoms with van der Waals surface area (Å²) < 4.78 is 5.94. The van der Waals surface area contributed by atoms with E-state index in [1.54, 1.807) is 30.4 Å². The van der Waals surface area contributed by atoms with Crippen LogP contribution in [0.2, 0.25) is 0 Å². The Balaban J connectivity index is 1.66. The van der Waals surface area contributed by atoms with Crippen molar-refractivity contribution < 1.29 is 19.4 Å². The van der Waals surface area contributed by atoms with Crippen LogP contribution < -0.4 is 20.7 Å². The first-order chi connectivity index (χ1) is 17.6. The van der Waals surface area contributed by atoms with Crippen LogP contribution in [-0.4, -0.2) is 61.1 Å². The van der Waals surface area contributed by atoms with Crippen molar-refractivity contribution in [3.63, 3.8) is 0 Å². The molecule has 2 amide bonds. The van der Waals surface area contributed by atoms with Gasteiger partial charge in [0.1, 0.15) is 5.75 Å². The second-order valence-electron chi connectivity index (χ2n) is 9.28. The van der Waals surface area contributed by atoms with E-state index in [0.29, 0.717) is 44.0 Å². The lowest BCUT2D eigenvalue weighted by atomic mass is 10.0. The highest BCUT2D eigenvalue weighted by Crippen LogP contribution is 2.32. The monoisotopic (exact) mass is 492 g/mol. The number of aromatic hydroxyl groups is 1. The Morgan fingerprint density at radius 2 is 1.67 bits per heavy atom. The van der Waals surface area contributed by atoms with Crippen molar-refractivity contribution in [2.24, 2.45) is 0 Å². The SMILES string of the molecule is O=C1C[C@@H]2NCCCNCCCCN(CCCN1)C(=O)C=Cc1ccc(O)c(c1)Oc1ccc2cc1. The van der Waals surface area contributed by atoms with Crippen molar-refractivity contribution in [3.8, 4) is 17.2 Å². The van der Waals surface area contributed by atoms with Crippen LogP contribution in [0.4, 0.5) is 0 Å². The lowest BCUT2D eigenvalue weighted by Crippen LogP contribution is -2.35. The standard InChI is InChI=1S/C28H36N4O4/c33-25-11-5-21-6-12-28(35)32-17-2-1-13-29-14-3-15-30-24(20-27(34)31-16-4-18-32)22-7-9-23(10-8-22)36-26(25)19-21/h5-12,19,24,29-30,33H,1-4,13-18,20H2,(H,31,34)/t24-/m0/s1. The number of ether oxygens (including phenoxy) is 1. The second-order valence-corrected chi connectivity index (χ2v) is 9.28. The summed E-state index contributed by atoms with van der Waals surface area (Å²) in [6.07, 6.45) is 7.16. The molecule has 5 rings (SSSR count). The summed E-state index contributed by atoms with van der Waals surface area (Å²) in [5.74, 6) is 0.821. The molecule has 192 valence electrons. The van der Waals surface area contributed by atoms with Crippen LogP contribution in [0.15, 0.2) is 48.5 Å². The molecule has 8 heteroatoms. The van der Waals surface area contributed by atoms with Crippen LogP contribution in [-0.2, 0) is 9.59 Å². The number of phenols is 1. The van der Waals surface area contributed by atoms with Crippen LogP contribution in [0.25, 0.3) is 6.08 Å².